The van der Waals surface area contributed by atoms with Gasteiger partial charge in [-0.25, -0.2) is 8.42 Å². The lowest BCUT2D eigenvalue weighted by atomic mass is 10.0. The summed E-state index contributed by atoms with van der Waals surface area (Å²) in [5.74, 6) is 1.62. The van der Waals surface area contributed by atoms with Crippen molar-refractivity contribution < 1.29 is 22.7 Å². The van der Waals surface area contributed by atoms with Crippen LogP contribution in [0.15, 0.2) is 45.9 Å². The molecule has 0 saturated carbocycles. The maximum absolute atomic E-state index is 11.4. The van der Waals surface area contributed by atoms with Crippen LogP contribution in [0.2, 0.25) is 0 Å². The van der Waals surface area contributed by atoms with E-state index in [0.717, 1.165) is 17.6 Å². The van der Waals surface area contributed by atoms with E-state index in [-0.39, 0.29) is 11.7 Å². The second-order valence-electron chi connectivity index (χ2n) is 6.28. The SMILES string of the molecule is CC(C)c1ccccc1OCC(O)CNCc1ccc(S(C)(=O)=O)o1. The molecular formula is C18H25NO5S. The predicted molar refractivity (Wildman–Crippen MR) is 95.6 cm³/mol. The van der Waals surface area contributed by atoms with Crippen LogP contribution in [0.1, 0.15) is 31.1 Å². The van der Waals surface area contributed by atoms with Gasteiger partial charge in [0.05, 0.1) is 6.54 Å². The molecule has 0 aliphatic rings. The van der Waals surface area contributed by atoms with Gasteiger partial charge in [-0.2, -0.15) is 0 Å². The maximum Gasteiger partial charge on any atom is 0.217 e. The summed E-state index contributed by atoms with van der Waals surface area (Å²) < 4.78 is 33.7. The minimum absolute atomic E-state index is 0.0570. The number of sulfone groups is 1. The van der Waals surface area contributed by atoms with Crippen LogP contribution in [0.5, 0.6) is 5.75 Å². The second-order valence-corrected chi connectivity index (χ2v) is 8.23. The lowest BCUT2D eigenvalue weighted by Gasteiger charge is -2.16. The van der Waals surface area contributed by atoms with Gasteiger partial charge in [0.25, 0.3) is 0 Å². The molecule has 0 amide bonds. The van der Waals surface area contributed by atoms with Gasteiger partial charge in [-0.15, -0.1) is 0 Å². The summed E-state index contributed by atoms with van der Waals surface area (Å²) in [5, 5.41) is 13.0. The zero-order valence-electron chi connectivity index (χ0n) is 14.7. The lowest BCUT2D eigenvalue weighted by Crippen LogP contribution is -2.31. The molecule has 1 aromatic heterocycles. The van der Waals surface area contributed by atoms with Crippen molar-refractivity contribution in [1.82, 2.24) is 5.32 Å². The van der Waals surface area contributed by atoms with Crippen LogP contribution in [-0.4, -0.2) is 39.0 Å². The van der Waals surface area contributed by atoms with Crippen molar-refractivity contribution in [2.45, 2.75) is 37.5 Å². The zero-order valence-corrected chi connectivity index (χ0v) is 15.5. The molecule has 2 rings (SSSR count). The fourth-order valence-electron chi connectivity index (χ4n) is 2.35. The van der Waals surface area contributed by atoms with Crippen molar-refractivity contribution in [1.29, 1.82) is 0 Å². The van der Waals surface area contributed by atoms with Crippen LogP contribution in [0.4, 0.5) is 0 Å². The molecular weight excluding hydrogens is 342 g/mol. The van der Waals surface area contributed by atoms with Crippen LogP contribution in [-0.2, 0) is 16.4 Å². The highest BCUT2D eigenvalue weighted by molar-refractivity contribution is 7.90. The molecule has 1 atom stereocenters. The first kappa shape index (κ1) is 19.5. The molecule has 1 aromatic carbocycles. The summed E-state index contributed by atoms with van der Waals surface area (Å²) in [6.45, 7) is 4.99. The van der Waals surface area contributed by atoms with Gasteiger partial charge in [-0.1, -0.05) is 32.0 Å². The number of benzene rings is 1. The van der Waals surface area contributed by atoms with Crippen molar-refractivity contribution in [3.05, 3.63) is 47.7 Å². The van der Waals surface area contributed by atoms with E-state index in [1.54, 1.807) is 6.07 Å². The van der Waals surface area contributed by atoms with Crippen LogP contribution in [0, 0.1) is 0 Å². The second kappa shape index (κ2) is 8.51. The summed E-state index contributed by atoms with van der Waals surface area (Å²) in [6.07, 6.45) is 0.406. The topological polar surface area (TPSA) is 88.8 Å². The molecule has 7 heteroatoms. The molecule has 0 aliphatic carbocycles. The highest BCUT2D eigenvalue weighted by atomic mass is 32.2. The third-order valence-electron chi connectivity index (χ3n) is 3.65. The van der Waals surface area contributed by atoms with E-state index in [1.807, 2.05) is 24.3 Å². The highest BCUT2D eigenvalue weighted by Gasteiger charge is 2.13. The molecule has 25 heavy (non-hydrogen) atoms. The average molecular weight is 367 g/mol. The molecule has 0 fully saturated rings. The molecule has 0 radical (unpaired) electrons. The Balaban J connectivity index is 1.78. The van der Waals surface area contributed by atoms with Crippen molar-refractivity contribution in [2.75, 3.05) is 19.4 Å². The molecule has 0 bridgehead atoms. The highest BCUT2D eigenvalue weighted by Crippen LogP contribution is 2.25. The van der Waals surface area contributed by atoms with Crippen LogP contribution in [0.3, 0.4) is 0 Å². The molecule has 1 unspecified atom stereocenters. The average Bonchev–Trinajstić information content (AvgIpc) is 3.02. The molecule has 138 valence electrons. The Morgan fingerprint density at radius 3 is 2.56 bits per heavy atom. The number of hydrogen-bond acceptors (Lipinski definition) is 6. The number of hydrogen-bond donors (Lipinski definition) is 2. The van der Waals surface area contributed by atoms with E-state index in [9.17, 15) is 13.5 Å². The van der Waals surface area contributed by atoms with E-state index in [0.29, 0.717) is 24.8 Å². The smallest absolute Gasteiger partial charge is 0.217 e. The Labute approximate surface area is 148 Å². The van der Waals surface area contributed by atoms with Crippen molar-refractivity contribution in [2.24, 2.45) is 0 Å². The lowest BCUT2D eigenvalue weighted by molar-refractivity contribution is 0.105. The first-order valence-corrected chi connectivity index (χ1v) is 10.1. The summed E-state index contributed by atoms with van der Waals surface area (Å²) in [5.41, 5.74) is 1.10. The first-order valence-electron chi connectivity index (χ1n) is 8.16. The van der Waals surface area contributed by atoms with Crippen molar-refractivity contribution >= 4 is 9.84 Å². The third kappa shape index (κ3) is 5.88. The zero-order chi connectivity index (χ0) is 18.4. The monoisotopic (exact) mass is 367 g/mol. The molecule has 2 aromatic rings. The number of ether oxygens (including phenoxy) is 1. The summed E-state index contributed by atoms with van der Waals surface area (Å²) >= 11 is 0. The standard InChI is InChI=1S/C18H25NO5S/c1-13(2)16-6-4-5-7-17(16)23-12-14(20)10-19-11-15-8-9-18(24-15)25(3,21)22/h4-9,13-14,19-20H,10-12H2,1-3H3. The van der Waals surface area contributed by atoms with Gasteiger partial charge in [0.1, 0.15) is 24.2 Å². The van der Waals surface area contributed by atoms with Gasteiger partial charge in [-0.3, -0.25) is 0 Å². The van der Waals surface area contributed by atoms with E-state index in [1.165, 1.54) is 6.07 Å². The molecule has 0 saturated heterocycles. The molecule has 2 N–H and O–H groups in total. The fraction of sp³-hybridized carbons (Fsp3) is 0.444. The third-order valence-corrected chi connectivity index (χ3v) is 4.60. The maximum atomic E-state index is 11.4. The number of aliphatic hydroxyl groups excluding tert-OH is 1. The normalized spacial score (nSPS) is 13.2. The number of furan rings is 1. The Hall–Kier alpha value is -1.83. The Morgan fingerprint density at radius 1 is 1.20 bits per heavy atom. The van der Waals surface area contributed by atoms with Gasteiger partial charge in [0.2, 0.25) is 14.9 Å². The molecule has 0 spiro atoms. The molecule has 6 nitrogen and oxygen atoms in total. The minimum atomic E-state index is -3.34. The van der Waals surface area contributed by atoms with E-state index >= 15 is 0 Å². The Kier molecular flexibility index (Phi) is 6.64. The van der Waals surface area contributed by atoms with Crippen molar-refractivity contribution in [3.8, 4) is 5.75 Å². The quantitative estimate of drug-likeness (QED) is 0.707. The van der Waals surface area contributed by atoms with Crippen LogP contribution >= 0.6 is 0 Å². The largest absolute Gasteiger partial charge is 0.491 e. The van der Waals surface area contributed by atoms with Gasteiger partial charge >= 0.3 is 0 Å². The first-order chi connectivity index (χ1) is 11.8. The van der Waals surface area contributed by atoms with Crippen molar-refractivity contribution in [3.63, 3.8) is 0 Å². The summed E-state index contributed by atoms with van der Waals surface area (Å²) in [4.78, 5) is 0. The Bertz CT molecular complexity index is 782. The molecule has 1 heterocycles. The fourth-order valence-corrected chi connectivity index (χ4v) is 2.92. The number of para-hydroxylation sites is 1. The summed E-state index contributed by atoms with van der Waals surface area (Å²) in [7, 11) is -3.34. The van der Waals surface area contributed by atoms with Crippen LogP contribution < -0.4 is 10.1 Å². The molecule has 0 aliphatic heterocycles. The van der Waals surface area contributed by atoms with Gasteiger partial charge in [0, 0.05) is 12.8 Å². The van der Waals surface area contributed by atoms with Gasteiger partial charge in [0.15, 0.2) is 0 Å². The van der Waals surface area contributed by atoms with E-state index in [2.05, 4.69) is 19.2 Å². The summed E-state index contributed by atoms with van der Waals surface area (Å²) in [6, 6.07) is 10.8. The van der Waals surface area contributed by atoms with Crippen LogP contribution in [0.25, 0.3) is 0 Å². The predicted octanol–water partition coefficient (Wildman–Crippen LogP) is 2.34. The Morgan fingerprint density at radius 2 is 1.92 bits per heavy atom. The number of rotatable bonds is 9. The van der Waals surface area contributed by atoms with E-state index < -0.39 is 15.9 Å². The van der Waals surface area contributed by atoms with Gasteiger partial charge in [-0.05, 0) is 29.7 Å². The minimum Gasteiger partial charge on any atom is -0.491 e. The number of nitrogens with one attached hydrogen (secondary N) is 1. The van der Waals surface area contributed by atoms with Gasteiger partial charge < -0.3 is 19.6 Å². The number of aliphatic hydroxyl groups is 1. The van der Waals surface area contributed by atoms with E-state index in [4.69, 9.17) is 9.15 Å².